The lowest BCUT2D eigenvalue weighted by atomic mass is 10.1. The van der Waals surface area contributed by atoms with Crippen LogP contribution < -0.4 is 9.64 Å². The largest absolute Gasteiger partial charge is 0.481 e. The SMILES string of the molecule is COc1ccnc(N(C)CC(O)c2cccnc2)n1. The van der Waals surface area contributed by atoms with E-state index in [1.165, 1.54) is 0 Å². The molecule has 0 aromatic carbocycles. The Bertz CT molecular complexity index is 521. The first-order valence-electron chi connectivity index (χ1n) is 5.87. The summed E-state index contributed by atoms with van der Waals surface area (Å²) in [5.41, 5.74) is 0.761. The molecule has 6 nitrogen and oxygen atoms in total. The zero-order chi connectivity index (χ0) is 13.7. The molecule has 0 radical (unpaired) electrons. The molecule has 0 aliphatic carbocycles. The number of rotatable bonds is 5. The number of hydrogen-bond donors (Lipinski definition) is 1. The van der Waals surface area contributed by atoms with Crippen LogP contribution in [-0.4, -0.2) is 40.8 Å². The molecule has 1 atom stereocenters. The third-order valence-electron chi connectivity index (χ3n) is 2.68. The van der Waals surface area contributed by atoms with Gasteiger partial charge in [-0.3, -0.25) is 4.98 Å². The average molecular weight is 260 g/mol. The van der Waals surface area contributed by atoms with Gasteiger partial charge in [-0.05, 0) is 6.07 Å². The van der Waals surface area contributed by atoms with Crippen LogP contribution >= 0.6 is 0 Å². The molecule has 2 heterocycles. The summed E-state index contributed by atoms with van der Waals surface area (Å²) in [6, 6.07) is 5.30. The molecule has 19 heavy (non-hydrogen) atoms. The molecule has 0 bridgehead atoms. The van der Waals surface area contributed by atoms with E-state index in [0.717, 1.165) is 5.56 Å². The molecule has 0 aliphatic rings. The highest BCUT2D eigenvalue weighted by Crippen LogP contribution is 2.16. The summed E-state index contributed by atoms with van der Waals surface area (Å²) in [5.74, 6) is 0.995. The lowest BCUT2D eigenvalue weighted by Gasteiger charge is -2.20. The van der Waals surface area contributed by atoms with E-state index in [2.05, 4.69) is 15.0 Å². The summed E-state index contributed by atoms with van der Waals surface area (Å²) in [7, 11) is 3.37. The van der Waals surface area contributed by atoms with Gasteiger partial charge in [0.25, 0.3) is 0 Å². The lowest BCUT2D eigenvalue weighted by Crippen LogP contribution is -2.26. The van der Waals surface area contributed by atoms with Gasteiger partial charge in [-0.15, -0.1) is 0 Å². The highest BCUT2D eigenvalue weighted by molar-refractivity contribution is 5.31. The molecule has 0 saturated heterocycles. The Kier molecular flexibility index (Phi) is 4.25. The third kappa shape index (κ3) is 3.38. The zero-order valence-electron chi connectivity index (χ0n) is 10.9. The number of anilines is 1. The van der Waals surface area contributed by atoms with Crippen LogP contribution in [0, 0.1) is 0 Å². The molecule has 0 amide bonds. The third-order valence-corrected chi connectivity index (χ3v) is 2.68. The Labute approximate surface area is 111 Å². The molecule has 0 aliphatic heterocycles. The minimum Gasteiger partial charge on any atom is -0.481 e. The zero-order valence-corrected chi connectivity index (χ0v) is 10.9. The molecule has 0 fully saturated rings. The quantitative estimate of drug-likeness (QED) is 0.866. The number of likely N-dealkylation sites (N-methyl/N-ethyl adjacent to an activating group) is 1. The maximum Gasteiger partial charge on any atom is 0.228 e. The number of hydrogen-bond acceptors (Lipinski definition) is 6. The number of pyridine rings is 1. The Morgan fingerprint density at radius 2 is 2.21 bits per heavy atom. The molecular weight excluding hydrogens is 244 g/mol. The summed E-state index contributed by atoms with van der Waals surface area (Å²) in [6.45, 7) is 0.374. The molecule has 6 heteroatoms. The molecule has 2 aromatic heterocycles. The number of aromatic nitrogens is 3. The highest BCUT2D eigenvalue weighted by atomic mass is 16.5. The van der Waals surface area contributed by atoms with Crippen LogP contribution in [0.2, 0.25) is 0 Å². The first-order chi connectivity index (χ1) is 9.20. The Balaban J connectivity index is 2.06. The number of aliphatic hydroxyl groups excluding tert-OH is 1. The smallest absolute Gasteiger partial charge is 0.228 e. The van der Waals surface area contributed by atoms with Crippen molar-refractivity contribution in [3.63, 3.8) is 0 Å². The molecular formula is C13H16N4O2. The predicted molar refractivity (Wildman–Crippen MR) is 71.1 cm³/mol. The van der Waals surface area contributed by atoms with Gasteiger partial charge in [0.2, 0.25) is 11.8 Å². The monoisotopic (exact) mass is 260 g/mol. The van der Waals surface area contributed by atoms with Gasteiger partial charge in [-0.25, -0.2) is 4.98 Å². The van der Waals surface area contributed by atoms with E-state index in [0.29, 0.717) is 18.4 Å². The summed E-state index contributed by atoms with van der Waals surface area (Å²) < 4.78 is 5.04. The summed E-state index contributed by atoms with van der Waals surface area (Å²) >= 11 is 0. The van der Waals surface area contributed by atoms with Crippen LogP contribution in [0.15, 0.2) is 36.8 Å². The van der Waals surface area contributed by atoms with Gasteiger partial charge in [0, 0.05) is 37.3 Å². The van der Waals surface area contributed by atoms with Crippen molar-refractivity contribution in [2.24, 2.45) is 0 Å². The number of ether oxygens (including phenoxy) is 1. The first kappa shape index (κ1) is 13.2. The molecule has 1 N–H and O–H groups in total. The standard InChI is InChI=1S/C13H16N4O2/c1-17(13-15-7-5-12(16-13)19-2)9-11(18)10-4-3-6-14-8-10/h3-8,11,18H,9H2,1-2H3. The van der Waals surface area contributed by atoms with Gasteiger partial charge in [0.1, 0.15) is 0 Å². The maximum atomic E-state index is 10.1. The number of nitrogens with zero attached hydrogens (tertiary/aromatic N) is 4. The van der Waals surface area contributed by atoms with Crippen LogP contribution in [0.4, 0.5) is 5.95 Å². The van der Waals surface area contributed by atoms with E-state index in [9.17, 15) is 5.11 Å². The van der Waals surface area contributed by atoms with Gasteiger partial charge >= 0.3 is 0 Å². The summed E-state index contributed by atoms with van der Waals surface area (Å²) in [6.07, 6.45) is 4.29. The van der Waals surface area contributed by atoms with Gasteiger partial charge in [0.15, 0.2) is 0 Å². The van der Waals surface area contributed by atoms with E-state index in [1.54, 1.807) is 42.7 Å². The van der Waals surface area contributed by atoms with E-state index in [1.807, 2.05) is 13.1 Å². The van der Waals surface area contributed by atoms with Crippen LogP contribution in [0.5, 0.6) is 5.88 Å². The number of aliphatic hydroxyl groups is 1. The van der Waals surface area contributed by atoms with Crippen molar-refractivity contribution in [2.45, 2.75) is 6.10 Å². The van der Waals surface area contributed by atoms with Crippen molar-refractivity contribution in [1.82, 2.24) is 15.0 Å². The number of methoxy groups -OCH3 is 1. The van der Waals surface area contributed by atoms with Crippen molar-refractivity contribution < 1.29 is 9.84 Å². The first-order valence-corrected chi connectivity index (χ1v) is 5.87. The topological polar surface area (TPSA) is 71.4 Å². The lowest BCUT2D eigenvalue weighted by molar-refractivity contribution is 0.184. The fourth-order valence-corrected chi connectivity index (χ4v) is 1.65. The highest BCUT2D eigenvalue weighted by Gasteiger charge is 2.13. The fourth-order valence-electron chi connectivity index (χ4n) is 1.65. The van der Waals surface area contributed by atoms with Crippen LogP contribution in [-0.2, 0) is 0 Å². The second-order valence-electron chi connectivity index (χ2n) is 4.08. The van der Waals surface area contributed by atoms with E-state index in [-0.39, 0.29) is 0 Å². The summed E-state index contributed by atoms with van der Waals surface area (Å²) in [5, 5.41) is 10.1. The van der Waals surface area contributed by atoms with E-state index < -0.39 is 6.10 Å². The maximum absolute atomic E-state index is 10.1. The van der Waals surface area contributed by atoms with Crippen LogP contribution in [0.3, 0.4) is 0 Å². The molecule has 1 unspecified atom stereocenters. The fraction of sp³-hybridized carbons (Fsp3) is 0.308. The van der Waals surface area contributed by atoms with Gasteiger partial charge in [-0.1, -0.05) is 6.07 Å². The Hall–Kier alpha value is -2.21. The van der Waals surface area contributed by atoms with E-state index in [4.69, 9.17) is 4.74 Å². The Morgan fingerprint density at radius 3 is 2.89 bits per heavy atom. The summed E-state index contributed by atoms with van der Waals surface area (Å²) in [4.78, 5) is 14.1. The molecule has 2 aromatic rings. The van der Waals surface area contributed by atoms with Crippen LogP contribution in [0.25, 0.3) is 0 Å². The second-order valence-corrected chi connectivity index (χ2v) is 4.08. The van der Waals surface area contributed by atoms with Gasteiger partial charge < -0.3 is 14.7 Å². The minimum absolute atomic E-state index is 0.374. The second kappa shape index (κ2) is 6.10. The normalized spacial score (nSPS) is 11.9. The van der Waals surface area contributed by atoms with Crippen molar-refractivity contribution in [1.29, 1.82) is 0 Å². The predicted octanol–water partition coefficient (Wildman–Crippen LogP) is 1.05. The van der Waals surface area contributed by atoms with E-state index >= 15 is 0 Å². The minimum atomic E-state index is -0.645. The van der Waals surface area contributed by atoms with Crippen LogP contribution in [0.1, 0.15) is 11.7 Å². The van der Waals surface area contributed by atoms with Gasteiger partial charge in [0.05, 0.1) is 19.8 Å². The Morgan fingerprint density at radius 1 is 1.37 bits per heavy atom. The van der Waals surface area contributed by atoms with Gasteiger partial charge in [-0.2, -0.15) is 4.98 Å². The van der Waals surface area contributed by atoms with Crippen molar-refractivity contribution >= 4 is 5.95 Å². The van der Waals surface area contributed by atoms with Crippen molar-refractivity contribution in [3.8, 4) is 5.88 Å². The molecule has 0 spiro atoms. The molecule has 0 saturated carbocycles. The molecule has 100 valence electrons. The average Bonchev–Trinajstić information content (AvgIpc) is 2.48. The van der Waals surface area contributed by atoms with Crippen molar-refractivity contribution in [2.75, 3.05) is 25.6 Å². The van der Waals surface area contributed by atoms with Crippen molar-refractivity contribution in [3.05, 3.63) is 42.4 Å². The molecule has 2 rings (SSSR count).